The lowest BCUT2D eigenvalue weighted by atomic mass is 10.1. The molecule has 23 heavy (non-hydrogen) atoms. The molecule has 0 aliphatic carbocycles. The van der Waals surface area contributed by atoms with Crippen LogP contribution < -0.4 is 11.2 Å². The van der Waals surface area contributed by atoms with E-state index in [-0.39, 0.29) is 17.4 Å². The number of rotatable bonds is 5. The summed E-state index contributed by atoms with van der Waals surface area (Å²) in [5, 5.41) is 9.61. The molecule has 0 bridgehead atoms. The van der Waals surface area contributed by atoms with Crippen molar-refractivity contribution in [2.45, 2.75) is 39.0 Å². The third kappa shape index (κ3) is 4.10. The average Bonchev–Trinajstić information content (AvgIpc) is 2.51. The van der Waals surface area contributed by atoms with Crippen LogP contribution in [0, 0.1) is 0 Å². The lowest BCUT2D eigenvalue weighted by Gasteiger charge is -2.41. The van der Waals surface area contributed by atoms with Crippen LogP contribution in [-0.2, 0) is 20.6 Å². The van der Waals surface area contributed by atoms with E-state index in [0.717, 1.165) is 36.3 Å². The van der Waals surface area contributed by atoms with E-state index in [1.807, 2.05) is 6.92 Å². The number of hydrogen-bond donors (Lipinski definition) is 1. The highest BCUT2D eigenvalue weighted by Gasteiger charge is 2.26. The third-order valence-electron chi connectivity index (χ3n) is 4.67. The second-order valence-electron chi connectivity index (χ2n) is 6.52. The summed E-state index contributed by atoms with van der Waals surface area (Å²) >= 11 is 0. The molecule has 1 aliphatic heterocycles. The van der Waals surface area contributed by atoms with Crippen molar-refractivity contribution in [3.05, 3.63) is 32.6 Å². The van der Waals surface area contributed by atoms with Gasteiger partial charge in [-0.2, -0.15) is 0 Å². The van der Waals surface area contributed by atoms with E-state index in [1.54, 1.807) is 17.7 Å². The van der Waals surface area contributed by atoms with Crippen molar-refractivity contribution >= 4 is 0 Å². The first-order chi connectivity index (χ1) is 10.8. The van der Waals surface area contributed by atoms with Gasteiger partial charge in [-0.15, -0.1) is 0 Å². The Morgan fingerprint density at radius 2 is 1.96 bits per heavy atom. The van der Waals surface area contributed by atoms with Gasteiger partial charge in [0.25, 0.3) is 5.56 Å². The summed E-state index contributed by atoms with van der Waals surface area (Å²) in [6.07, 6.45) is 0.687. The zero-order valence-corrected chi connectivity index (χ0v) is 14.5. The molecular weight excluding hydrogens is 296 g/mol. The van der Waals surface area contributed by atoms with E-state index in [1.165, 1.54) is 7.05 Å². The maximum Gasteiger partial charge on any atom is 0.330 e. The van der Waals surface area contributed by atoms with Crippen LogP contribution in [0.5, 0.6) is 0 Å². The molecule has 7 nitrogen and oxygen atoms in total. The van der Waals surface area contributed by atoms with Gasteiger partial charge in [0.05, 0.1) is 6.10 Å². The minimum Gasteiger partial charge on any atom is -0.392 e. The smallest absolute Gasteiger partial charge is 0.330 e. The third-order valence-corrected chi connectivity index (χ3v) is 4.67. The van der Waals surface area contributed by atoms with E-state index in [2.05, 4.69) is 16.7 Å². The second kappa shape index (κ2) is 7.42. The molecule has 2 rings (SSSR count). The highest BCUT2D eigenvalue weighted by Crippen LogP contribution is 2.15. The molecule has 2 heterocycles. The predicted molar refractivity (Wildman–Crippen MR) is 89.5 cm³/mol. The van der Waals surface area contributed by atoms with Gasteiger partial charge >= 0.3 is 5.69 Å². The lowest BCUT2D eigenvalue weighted by Crippen LogP contribution is -2.54. The molecular formula is C16H28N4O3. The molecule has 130 valence electrons. The Kier molecular flexibility index (Phi) is 5.78. The molecule has 1 aromatic rings. The molecule has 0 amide bonds. The summed E-state index contributed by atoms with van der Waals surface area (Å²) in [4.78, 5) is 28.5. The average molecular weight is 324 g/mol. The molecule has 1 aromatic heterocycles. The molecule has 7 heteroatoms. The van der Waals surface area contributed by atoms with Crippen molar-refractivity contribution in [2.75, 3.05) is 26.2 Å². The number of β-amino-alcohol motifs (C(OH)–C–C–N with tert-alkyl or cyclic N) is 1. The molecule has 0 unspecified atom stereocenters. The highest BCUT2D eigenvalue weighted by atomic mass is 16.3. The van der Waals surface area contributed by atoms with Crippen molar-refractivity contribution < 1.29 is 5.11 Å². The van der Waals surface area contributed by atoms with Crippen LogP contribution in [0.15, 0.2) is 15.7 Å². The van der Waals surface area contributed by atoms with Gasteiger partial charge in [-0.25, -0.2) is 4.79 Å². The summed E-state index contributed by atoms with van der Waals surface area (Å²) in [6.45, 7) is 7.89. The minimum absolute atomic E-state index is 0.261. The second-order valence-corrected chi connectivity index (χ2v) is 6.52. The van der Waals surface area contributed by atoms with Crippen molar-refractivity contribution in [1.82, 2.24) is 18.9 Å². The fraction of sp³-hybridized carbons (Fsp3) is 0.750. The van der Waals surface area contributed by atoms with Crippen LogP contribution in [0.2, 0.25) is 0 Å². The van der Waals surface area contributed by atoms with Crippen LogP contribution in [0.25, 0.3) is 0 Å². The Balaban J connectivity index is 2.11. The molecule has 0 saturated carbocycles. The van der Waals surface area contributed by atoms with Crippen molar-refractivity contribution in [1.29, 1.82) is 0 Å². The molecule has 1 aliphatic rings. The van der Waals surface area contributed by atoms with Crippen LogP contribution in [0.1, 0.15) is 26.0 Å². The van der Waals surface area contributed by atoms with Gasteiger partial charge in [0, 0.05) is 64.6 Å². The summed E-state index contributed by atoms with van der Waals surface area (Å²) in [6, 6.07) is 1.94. The summed E-state index contributed by atoms with van der Waals surface area (Å²) in [7, 11) is 3.20. The largest absolute Gasteiger partial charge is 0.392 e. The number of aromatic nitrogens is 2. The fourth-order valence-corrected chi connectivity index (χ4v) is 3.23. The Hall–Kier alpha value is -1.44. The Morgan fingerprint density at radius 1 is 1.26 bits per heavy atom. The van der Waals surface area contributed by atoms with Gasteiger partial charge < -0.3 is 5.11 Å². The maximum atomic E-state index is 12.0. The molecule has 1 saturated heterocycles. The van der Waals surface area contributed by atoms with Crippen LogP contribution in [0.4, 0.5) is 0 Å². The molecule has 0 aromatic carbocycles. The Bertz CT molecular complexity index is 650. The summed E-state index contributed by atoms with van der Waals surface area (Å²) in [5.74, 6) is 0. The highest BCUT2D eigenvalue weighted by molar-refractivity contribution is 5.03. The first-order valence-electron chi connectivity index (χ1n) is 8.23. The number of aliphatic hydroxyl groups is 1. The van der Waals surface area contributed by atoms with E-state index < -0.39 is 0 Å². The fourth-order valence-electron chi connectivity index (χ4n) is 3.23. The molecule has 0 spiro atoms. The van der Waals surface area contributed by atoms with E-state index in [0.29, 0.717) is 19.1 Å². The topological polar surface area (TPSA) is 70.7 Å². The number of piperazine rings is 1. The van der Waals surface area contributed by atoms with Gasteiger partial charge in [0.15, 0.2) is 0 Å². The lowest BCUT2D eigenvalue weighted by molar-refractivity contribution is 0.0329. The first-order valence-corrected chi connectivity index (χ1v) is 8.23. The van der Waals surface area contributed by atoms with E-state index in [9.17, 15) is 14.7 Å². The first kappa shape index (κ1) is 17.9. The quantitative estimate of drug-likeness (QED) is 0.780. The summed E-state index contributed by atoms with van der Waals surface area (Å²) in [5.41, 5.74) is 0.201. The van der Waals surface area contributed by atoms with Crippen molar-refractivity contribution in [2.24, 2.45) is 14.1 Å². The normalized spacial score (nSPS) is 21.5. The van der Waals surface area contributed by atoms with Gasteiger partial charge in [0.2, 0.25) is 0 Å². The predicted octanol–water partition coefficient (Wildman–Crippen LogP) is -0.639. The van der Waals surface area contributed by atoms with Gasteiger partial charge in [-0.05, 0) is 13.3 Å². The SMILES string of the molecule is CC[C@@H]1CN(Cc2cc(=O)n(C)c(=O)n2C)CCN1C[C@@H](C)O. The van der Waals surface area contributed by atoms with Gasteiger partial charge in [-0.1, -0.05) is 6.92 Å². The van der Waals surface area contributed by atoms with Crippen LogP contribution >= 0.6 is 0 Å². The zero-order valence-electron chi connectivity index (χ0n) is 14.5. The molecule has 0 radical (unpaired) electrons. The molecule has 1 fully saturated rings. The Morgan fingerprint density at radius 3 is 2.57 bits per heavy atom. The van der Waals surface area contributed by atoms with Crippen molar-refractivity contribution in [3.63, 3.8) is 0 Å². The van der Waals surface area contributed by atoms with E-state index >= 15 is 0 Å². The number of aliphatic hydroxyl groups excluding tert-OH is 1. The van der Waals surface area contributed by atoms with Crippen molar-refractivity contribution in [3.8, 4) is 0 Å². The van der Waals surface area contributed by atoms with Gasteiger partial charge in [-0.3, -0.25) is 23.7 Å². The van der Waals surface area contributed by atoms with Gasteiger partial charge in [0.1, 0.15) is 0 Å². The molecule has 1 N–H and O–H groups in total. The number of nitrogens with zero attached hydrogens (tertiary/aromatic N) is 4. The minimum atomic E-state index is -0.325. The Labute approximate surface area is 136 Å². The number of hydrogen-bond acceptors (Lipinski definition) is 5. The summed E-state index contributed by atoms with van der Waals surface area (Å²) < 4.78 is 2.67. The molecule has 2 atom stereocenters. The standard InChI is InChI=1S/C16H28N4O3/c1-5-13-10-19(6-7-20(13)9-12(2)21)11-14-8-15(22)18(4)16(23)17(14)3/h8,12-13,21H,5-7,9-11H2,1-4H3/t12-,13-/m1/s1. The van der Waals surface area contributed by atoms with E-state index in [4.69, 9.17) is 0 Å². The zero-order chi connectivity index (χ0) is 17.1. The maximum absolute atomic E-state index is 12.0. The van der Waals surface area contributed by atoms with Crippen LogP contribution in [-0.4, -0.2) is 62.4 Å². The monoisotopic (exact) mass is 324 g/mol. The van der Waals surface area contributed by atoms with Crippen LogP contribution in [0.3, 0.4) is 0 Å².